The number of hydrogen-bond donors (Lipinski definition) is 3. The van der Waals surface area contributed by atoms with Crippen LogP contribution in [-0.4, -0.2) is 68.1 Å². The Hall–Kier alpha value is -3.00. The number of carboxylic acid groups (broad SMARTS) is 1. The molecular formula is C23H23N5O5S3. The van der Waals surface area contributed by atoms with Crippen molar-refractivity contribution in [3.05, 3.63) is 70.5 Å². The van der Waals surface area contributed by atoms with Crippen molar-refractivity contribution in [2.75, 3.05) is 18.1 Å². The number of amides is 2. The fraction of sp³-hybridized carbons (Fsp3) is 0.261. The Morgan fingerprint density at radius 1 is 1.31 bits per heavy atom. The van der Waals surface area contributed by atoms with Crippen molar-refractivity contribution in [2.24, 2.45) is 5.16 Å². The van der Waals surface area contributed by atoms with Gasteiger partial charge in [0.05, 0.1) is 18.2 Å². The lowest BCUT2D eigenvalue weighted by Crippen LogP contribution is -2.71. The molecule has 4 rings (SSSR count). The number of nitrogens with one attached hydrogen (secondary N) is 1. The van der Waals surface area contributed by atoms with Crippen molar-refractivity contribution in [3.8, 4) is 0 Å². The second-order valence-corrected chi connectivity index (χ2v) is 11.1. The van der Waals surface area contributed by atoms with Crippen molar-refractivity contribution in [3.63, 3.8) is 0 Å². The Morgan fingerprint density at radius 3 is 2.78 bits per heavy atom. The normalized spacial score (nSPS) is 19.5. The van der Waals surface area contributed by atoms with Crippen LogP contribution in [0.15, 0.2) is 69.4 Å². The number of rotatable bonds is 10. The van der Waals surface area contributed by atoms with Crippen molar-refractivity contribution < 1.29 is 30.4 Å². The van der Waals surface area contributed by atoms with Crippen LogP contribution in [-0.2, 0) is 20.1 Å². The lowest BCUT2D eigenvalue weighted by Gasteiger charge is -2.50. The summed E-state index contributed by atoms with van der Waals surface area (Å²) in [6.45, 7) is 0.803. The van der Waals surface area contributed by atoms with Crippen LogP contribution >= 0.6 is 35.3 Å². The van der Waals surface area contributed by atoms with Gasteiger partial charge in [0.25, 0.3) is 11.8 Å². The highest BCUT2D eigenvalue weighted by Gasteiger charge is 2.53. The lowest BCUT2D eigenvalue weighted by molar-refractivity contribution is -0.360. The van der Waals surface area contributed by atoms with E-state index in [2.05, 4.69) is 21.2 Å². The van der Waals surface area contributed by atoms with Gasteiger partial charge in [-0.15, -0.1) is 11.8 Å². The number of carboxylic acids is 1. The Bertz CT molecular complexity index is 1220. The van der Waals surface area contributed by atoms with Crippen molar-refractivity contribution in [1.82, 2.24) is 15.2 Å². The number of β-lactam (4-membered cyclic amide) rings is 1. The molecule has 1 fully saturated rings. The van der Waals surface area contributed by atoms with E-state index < -0.39 is 29.2 Å². The van der Waals surface area contributed by atoms with Gasteiger partial charge in [0.15, 0.2) is 5.71 Å². The molecular weight excluding hydrogens is 522 g/mol. The molecule has 10 nitrogen and oxygen atoms in total. The molecule has 13 heteroatoms. The maximum Gasteiger partial charge on any atom is 0.274 e. The SMILES string of the molecule is [NH3+]CCSCc1cnccc1SC1=C(C(=O)[O-])N2C(=O)[C@@H](NC(=O)/C(=N\O)c3ccccc3)[C@H]2SC1. The number of pyridine rings is 1. The van der Waals surface area contributed by atoms with Gasteiger partial charge < -0.3 is 26.2 Å². The molecule has 3 heterocycles. The average molecular weight is 546 g/mol. The van der Waals surface area contributed by atoms with E-state index in [1.54, 1.807) is 54.5 Å². The van der Waals surface area contributed by atoms with Crippen LogP contribution in [0, 0.1) is 0 Å². The highest BCUT2D eigenvalue weighted by Crippen LogP contribution is 2.45. The van der Waals surface area contributed by atoms with Crippen LogP contribution in [0.3, 0.4) is 0 Å². The van der Waals surface area contributed by atoms with E-state index in [0.29, 0.717) is 22.0 Å². The van der Waals surface area contributed by atoms with E-state index in [4.69, 9.17) is 0 Å². The third-order valence-corrected chi connectivity index (χ3v) is 9.17. The van der Waals surface area contributed by atoms with Crippen molar-refractivity contribution >= 4 is 58.8 Å². The Labute approximate surface area is 219 Å². The number of aromatic nitrogens is 1. The third kappa shape index (κ3) is 5.38. The number of quaternary nitrogens is 1. The summed E-state index contributed by atoms with van der Waals surface area (Å²) in [5.41, 5.74) is 4.76. The monoisotopic (exact) mass is 545 g/mol. The number of carbonyl (C=O) groups is 3. The molecule has 5 N–H and O–H groups in total. The van der Waals surface area contributed by atoms with E-state index in [9.17, 15) is 24.7 Å². The van der Waals surface area contributed by atoms with E-state index in [1.807, 2.05) is 6.07 Å². The number of nitrogens with zero attached hydrogens (tertiary/aromatic N) is 3. The molecule has 0 spiro atoms. The first kappa shape index (κ1) is 26.1. The van der Waals surface area contributed by atoms with Crippen LogP contribution in [0.5, 0.6) is 0 Å². The van der Waals surface area contributed by atoms with E-state index in [1.165, 1.54) is 23.5 Å². The second kappa shape index (κ2) is 11.8. The first-order valence-electron chi connectivity index (χ1n) is 10.9. The smallest absolute Gasteiger partial charge is 0.274 e. The summed E-state index contributed by atoms with van der Waals surface area (Å²) in [4.78, 5) is 44.5. The van der Waals surface area contributed by atoms with E-state index in [-0.39, 0.29) is 11.4 Å². The standard InChI is InChI=1S/C23H23N5O5S3/c24-7-9-34-11-14-10-25-8-6-15(14)36-16-12-35-22-18(21(30)28(22)19(16)23(31)32)26-20(29)17(27-33)13-4-2-1-3-5-13/h1-6,8,10,18,22,33H,7,9,11-12,24H2,(H,26,29)(H,31,32)/b27-17-/t18-,22-/m1/s1. The van der Waals surface area contributed by atoms with E-state index in [0.717, 1.165) is 27.7 Å². The fourth-order valence-electron chi connectivity index (χ4n) is 3.74. The predicted molar refractivity (Wildman–Crippen MR) is 136 cm³/mol. The summed E-state index contributed by atoms with van der Waals surface area (Å²) >= 11 is 4.34. The van der Waals surface area contributed by atoms with Crippen LogP contribution in [0.2, 0.25) is 0 Å². The molecule has 2 amide bonds. The van der Waals surface area contributed by atoms with Gasteiger partial charge in [0.2, 0.25) is 0 Å². The molecule has 1 aromatic heterocycles. The molecule has 1 aromatic carbocycles. The lowest BCUT2D eigenvalue weighted by atomic mass is 10.0. The first-order chi connectivity index (χ1) is 17.5. The third-order valence-electron chi connectivity index (χ3n) is 5.41. The van der Waals surface area contributed by atoms with Crippen LogP contribution in [0.4, 0.5) is 0 Å². The summed E-state index contributed by atoms with van der Waals surface area (Å²) in [7, 11) is 0. The Balaban J connectivity index is 1.51. The quantitative estimate of drug-likeness (QED) is 0.122. The summed E-state index contributed by atoms with van der Waals surface area (Å²) in [5.74, 6) is -0.826. The first-order valence-corrected chi connectivity index (χ1v) is 13.9. The second-order valence-electron chi connectivity index (χ2n) is 7.73. The van der Waals surface area contributed by atoms with Gasteiger partial charge in [0, 0.05) is 45.0 Å². The molecule has 2 atom stereocenters. The van der Waals surface area contributed by atoms with Crippen LogP contribution in [0.25, 0.3) is 0 Å². The number of fused-ring (bicyclic) bond motifs is 1. The zero-order chi connectivity index (χ0) is 25.7. The number of aliphatic carboxylic acids is 1. The molecule has 0 aliphatic carbocycles. The van der Waals surface area contributed by atoms with Crippen molar-refractivity contribution in [2.45, 2.75) is 22.1 Å². The van der Waals surface area contributed by atoms with Gasteiger partial charge in [-0.3, -0.25) is 19.5 Å². The number of hydrogen-bond acceptors (Lipinski definition) is 10. The molecule has 36 heavy (non-hydrogen) atoms. The molecule has 188 valence electrons. The topological polar surface area (TPSA) is 163 Å². The fourth-order valence-corrected chi connectivity index (χ4v) is 7.19. The highest BCUT2D eigenvalue weighted by atomic mass is 32.2. The summed E-state index contributed by atoms with van der Waals surface area (Å²) in [6.07, 6.45) is 3.40. The molecule has 0 radical (unpaired) electrons. The van der Waals surface area contributed by atoms with Gasteiger partial charge in [-0.2, -0.15) is 11.8 Å². The van der Waals surface area contributed by atoms with Gasteiger partial charge in [0.1, 0.15) is 11.4 Å². The van der Waals surface area contributed by atoms with Gasteiger partial charge in [-0.1, -0.05) is 47.2 Å². The number of carbonyl (C=O) groups excluding carboxylic acids is 3. The summed E-state index contributed by atoms with van der Waals surface area (Å²) in [5, 5.41) is 26.5. The van der Waals surface area contributed by atoms with Gasteiger partial charge >= 0.3 is 0 Å². The summed E-state index contributed by atoms with van der Waals surface area (Å²) in [6, 6.07) is 9.19. The Morgan fingerprint density at radius 2 is 2.08 bits per heavy atom. The maximum absolute atomic E-state index is 13.0. The average Bonchev–Trinajstić information content (AvgIpc) is 2.89. The van der Waals surface area contributed by atoms with Crippen LogP contribution < -0.4 is 16.2 Å². The molecule has 0 bridgehead atoms. The molecule has 2 aliphatic heterocycles. The molecule has 2 aliphatic rings. The number of oxime groups is 1. The van der Waals surface area contributed by atoms with Gasteiger partial charge in [-0.25, -0.2) is 0 Å². The van der Waals surface area contributed by atoms with Crippen molar-refractivity contribution in [1.29, 1.82) is 0 Å². The largest absolute Gasteiger partial charge is 0.543 e. The maximum atomic E-state index is 13.0. The predicted octanol–water partition coefficient (Wildman–Crippen LogP) is -0.111. The highest BCUT2D eigenvalue weighted by molar-refractivity contribution is 8.06. The zero-order valence-electron chi connectivity index (χ0n) is 19.0. The minimum atomic E-state index is -1.45. The minimum absolute atomic E-state index is 0.188. The van der Waals surface area contributed by atoms with Gasteiger partial charge in [-0.05, 0) is 11.6 Å². The molecule has 0 saturated carbocycles. The number of thioether (sulfide) groups is 3. The summed E-state index contributed by atoms with van der Waals surface area (Å²) < 4.78 is 0. The number of benzene rings is 1. The minimum Gasteiger partial charge on any atom is -0.543 e. The van der Waals surface area contributed by atoms with Crippen LogP contribution in [0.1, 0.15) is 11.1 Å². The molecule has 2 aromatic rings. The zero-order valence-corrected chi connectivity index (χ0v) is 21.4. The molecule has 1 saturated heterocycles. The Kier molecular flexibility index (Phi) is 8.56. The van der Waals surface area contributed by atoms with E-state index >= 15 is 0 Å². The molecule has 0 unspecified atom stereocenters.